The molecule has 1 aromatic carbocycles. The van der Waals surface area contributed by atoms with E-state index in [1.165, 1.54) is 6.07 Å². The molecular weight excluding hydrogens is 233 g/mol. The predicted octanol–water partition coefficient (Wildman–Crippen LogP) is 2.52. The van der Waals surface area contributed by atoms with Gasteiger partial charge in [-0.25, -0.2) is 4.39 Å². The fourth-order valence-corrected chi connectivity index (χ4v) is 1.99. The number of hydrogen-bond acceptors (Lipinski definition) is 3. The summed E-state index contributed by atoms with van der Waals surface area (Å²) in [5.41, 5.74) is 0.923. The van der Waals surface area contributed by atoms with E-state index in [1.807, 2.05) is 20.0 Å². The highest BCUT2D eigenvalue weighted by Crippen LogP contribution is 2.23. The number of benzene rings is 1. The molecule has 2 atom stereocenters. The maximum atomic E-state index is 13.8. The van der Waals surface area contributed by atoms with Gasteiger partial charge in [-0.3, -0.25) is 0 Å². The fourth-order valence-electron chi connectivity index (χ4n) is 1.99. The van der Waals surface area contributed by atoms with Gasteiger partial charge in [0.15, 0.2) is 11.6 Å². The molecule has 18 heavy (non-hydrogen) atoms. The first-order valence-electron chi connectivity index (χ1n) is 6.38. The Morgan fingerprint density at radius 3 is 3.00 bits per heavy atom. The number of nitrogens with one attached hydrogen (secondary N) is 1. The molecule has 100 valence electrons. The Balaban J connectivity index is 1.96. The van der Waals surface area contributed by atoms with E-state index in [9.17, 15) is 4.39 Å². The van der Waals surface area contributed by atoms with Crippen LogP contribution in [-0.4, -0.2) is 26.9 Å². The molecule has 0 amide bonds. The Hall–Kier alpha value is -1.13. The number of rotatable bonds is 5. The zero-order valence-corrected chi connectivity index (χ0v) is 10.9. The monoisotopic (exact) mass is 253 g/mol. The SMILES string of the molecule is CNC(C)c1ccc(OCC2CCOC2)c(F)c1. The van der Waals surface area contributed by atoms with Crippen molar-refractivity contribution in [3.63, 3.8) is 0 Å². The molecule has 0 saturated carbocycles. The molecule has 0 aromatic heterocycles. The van der Waals surface area contributed by atoms with Crippen molar-refractivity contribution in [2.24, 2.45) is 5.92 Å². The molecule has 1 aliphatic heterocycles. The lowest BCUT2D eigenvalue weighted by molar-refractivity contribution is 0.165. The normalized spacial score (nSPS) is 20.9. The first-order chi connectivity index (χ1) is 8.70. The third-order valence-electron chi connectivity index (χ3n) is 3.39. The summed E-state index contributed by atoms with van der Waals surface area (Å²) in [6.07, 6.45) is 0.997. The summed E-state index contributed by atoms with van der Waals surface area (Å²) in [6.45, 7) is 4.02. The standard InChI is InChI=1S/C14H20FNO2/c1-10(16-2)12-3-4-14(13(15)7-12)18-9-11-5-6-17-8-11/h3-4,7,10-11,16H,5-6,8-9H2,1-2H3. The van der Waals surface area contributed by atoms with Crippen molar-refractivity contribution in [2.45, 2.75) is 19.4 Å². The summed E-state index contributed by atoms with van der Waals surface area (Å²) in [5.74, 6) is 0.419. The van der Waals surface area contributed by atoms with Crippen molar-refractivity contribution in [2.75, 3.05) is 26.9 Å². The lowest BCUT2D eigenvalue weighted by atomic mass is 10.1. The average Bonchev–Trinajstić information content (AvgIpc) is 2.89. The van der Waals surface area contributed by atoms with Crippen LogP contribution < -0.4 is 10.1 Å². The van der Waals surface area contributed by atoms with Gasteiger partial charge in [-0.1, -0.05) is 6.07 Å². The molecule has 1 aromatic rings. The number of ether oxygens (including phenoxy) is 2. The molecule has 1 aliphatic rings. The summed E-state index contributed by atoms with van der Waals surface area (Å²) >= 11 is 0. The summed E-state index contributed by atoms with van der Waals surface area (Å²) in [6, 6.07) is 5.26. The third-order valence-corrected chi connectivity index (χ3v) is 3.39. The minimum absolute atomic E-state index is 0.136. The van der Waals surface area contributed by atoms with Crippen LogP contribution in [0.1, 0.15) is 24.9 Å². The molecule has 1 N–H and O–H groups in total. The van der Waals surface area contributed by atoms with Gasteiger partial charge >= 0.3 is 0 Å². The van der Waals surface area contributed by atoms with E-state index in [4.69, 9.17) is 9.47 Å². The third kappa shape index (κ3) is 3.21. The molecule has 1 fully saturated rings. The lowest BCUT2D eigenvalue weighted by Crippen LogP contribution is -2.14. The highest BCUT2D eigenvalue weighted by molar-refractivity contribution is 5.30. The van der Waals surface area contributed by atoms with E-state index >= 15 is 0 Å². The largest absolute Gasteiger partial charge is 0.490 e. The minimum atomic E-state index is -0.298. The zero-order chi connectivity index (χ0) is 13.0. The molecular formula is C14H20FNO2. The molecule has 4 heteroatoms. The molecule has 0 bridgehead atoms. The van der Waals surface area contributed by atoms with E-state index in [2.05, 4.69) is 5.32 Å². The van der Waals surface area contributed by atoms with Crippen molar-refractivity contribution in [1.29, 1.82) is 0 Å². The van der Waals surface area contributed by atoms with Gasteiger partial charge in [0, 0.05) is 18.6 Å². The van der Waals surface area contributed by atoms with Gasteiger partial charge in [0.05, 0.1) is 13.2 Å². The van der Waals surface area contributed by atoms with Crippen molar-refractivity contribution in [3.8, 4) is 5.75 Å². The number of halogens is 1. The van der Waals surface area contributed by atoms with Gasteiger partial charge in [0.25, 0.3) is 0 Å². The van der Waals surface area contributed by atoms with Crippen molar-refractivity contribution < 1.29 is 13.9 Å². The first-order valence-corrected chi connectivity index (χ1v) is 6.38. The van der Waals surface area contributed by atoms with E-state index in [0.29, 0.717) is 18.3 Å². The van der Waals surface area contributed by atoms with Crippen LogP contribution in [0.5, 0.6) is 5.75 Å². The van der Waals surface area contributed by atoms with Crippen molar-refractivity contribution >= 4 is 0 Å². The smallest absolute Gasteiger partial charge is 0.165 e. The van der Waals surface area contributed by atoms with Gasteiger partial charge in [-0.05, 0) is 38.1 Å². The number of hydrogen-bond donors (Lipinski definition) is 1. The average molecular weight is 253 g/mol. The second kappa shape index (κ2) is 6.16. The van der Waals surface area contributed by atoms with E-state index in [0.717, 1.165) is 25.2 Å². The molecule has 0 spiro atoms. The molecule has 0 radical (unpaired) electrons. The van der Waals surface area contributed by atoms with Crippen LogP contribution in [0, 0.1) is 11.7 Å². The van der Waals surface area contributed by atoms with Gasteiger partial charge in [0.1, 0.15) is 0 Å². The topological polar surface area (TPSA) is 30.5 Å². The maximum absolute atomic E-state index is 13.8. The minimum Gasteiger partial charge on any atom is -0.490 e. The fraction of sp³-hybridized carbons (Fsp3) is 0.571. The van der Waals surface area contributed by atoms with Crippen molar-refractivity contribution in [3.05, 3.63) is 29.6 Å². The lowest BCUT2D eigenvalue weighted by Gasteiger charge is -2.14. The molecule has 3 nitrogen and oxygen atoms in total. The first kappa shape index (κ1) is 13.3. The quantitative estimate of drug-likeness (QED) is 0.874. The summed E-state index contributed by atoms with van der Waals surface area (Å²) in [7, 11) is 1.85. The van der Waals surface area contributed by atoms with Gasteiger partial charge in [-0.15, -0.1) is 0 Å². The summed E-state index contributed by atoms with van der Waals surface area (Å²) < 4.78 is 24.6. The Morgan fingerprint density at radius 2 is 2.39 bits per heavy atom. The van der Waals surface area contributed by atoms with Gasteiger partial charge in [0.2, 0.25) is 0 Å². The van der Waals surface area contributed by atoms with Crippen LogP contribution in [0.15, 0.2) is 18.2 Å². The van der Waals surface area contributed by atoms with E-state index in [1.54, 1.807) is 6.07 Å². The van der Waals surface area contributed by atoms with Crippen LogP contribution in [0.2, 0.25) is 0 Å². The Labute approximate surface area is 107 Å². The molecule has 2 rings (SSSR count). The van der Waals surface area contributed by atoms with Crippen LogP contribution in [-0.2, 0) is 4.74 Å². The summed E-state index contributed by atoms with van der Waals surface area (Å²) in [4.78, 5) is 0. The molecule has 0 aliphatic carbocycles. The Bertz CT molecular complexity index is 391. The van der Waals surface area contributed by atoms with Crippen LogP contribution in [0.4, 0.5) is 4.39 Å². The van der Waals surface area contributed by atoms with Crippen LogP contribution in [0.3, 0.4) is 0 Å². The highest BCUT2D eigenvalue weighted by atomic mass is 19.1. The molecule has 2 unspecified atom stereocenters. The van der Waals surface area contributed by atoms with Crippen LogP contribution in [0.25, 0.3) is 0 Å². The van der Waals surface area contributed by atoms with Gasteiger partial charge in [-0.2, -0.15) is 0 Å². The van der Waals surface area contributed by atoms with E-state index < -0.39 is 0 Å². The van der Waals surface area contributed by atoms with Crippen molar-refractivity contribution in [1.82, 2.24) is 5.32 Å². The second-order valence-corrected chi connectivity index (χ2v) is 4.74. The summed E-state index contributed by atoms with van der Waals surface area (Å²) in [5, 5.41) is 3.08. The Morgan fingerprint density at radius 1 is 1.56 bits per heavy atom. The molecule has 1 heterocycles. The van der Waals surface area contributed by atoms with Crippen LogP contribution >= 0.6 is 0 Å². The Kier molecular flexibility index (Phi) is 4.55. The van der Waals surface area contributed by atoms with E-state index in [-0.39, 0.29) is 11.9 Å². The highest BCUT2D eigenvalue weighted by Gasteiger charge is 2.17. The maximum Gasteiger partial charge on any atom is 0.165 e. The zero-order valence-electron chi connectivity index (χ0n) is 10.9. The second-order valence-electron chi connectivity index (χ2n) is 4.74. The van der Waals surface area contributed by atoms with Gasteiger partial charge < -0.3 is 14.8 Å². The predicted molar refractivity (Wildman–Crippen MR) is 68.3 cm³/mol. The molecule has 1 saturated heterocycles.